The molecule has 1 atom stereocenters. The van der Waals surface area contributed by atoms with Crippen LogP contribution >= 0.6 is 0 Å². The van der Waals surface area contributed by atoms with Crippen LogP contribution in [-0.4, -0.2) is 37.8 Å². The van der Waals surface area contributed by atoms with Gasteiger partial charge in [0.1, 0.15) is 17.1 Å². The number of aromatic hydroxyl groups is 2. The second-order valence-electron chi connectivity index (χ2n) is 8.82. The zero-order valence-electron chi connectivity index (χ0n) is 19.9. The summed E-state index contributed by atoms with van der Waals surface area (Å²) in [5.74, 6) is 0.347. The summed E-state index contributed by atoms with van der Waals surface area (Å²) in [5.41, 5.74) is 5.68. The number of fused-ring (bicyclic) bond motifs is 1. The van der Waals surface area contributed by atoms with E-state index >= 15 is 0 Å². The van der Waals surface area contributed by atoms with Crippen molar-refractivity contribution in [1.29, 1.82) is 0 Å². The zero-order valence-corrected chi connectivity index (χ0v) is 19.9. The van der Waals surface area contributed by atoms with Crippen molar-refractivity contribution >= 4 is 5.91 Å². The number of amides is 1. The Morgan fingerprint density at radius 3 is 2.57 bits per heavy atom. The van der Waals surface area contributed by atoms with Gasteiger partial charge in [0.25, 0.3) is 5.91 Å². The van der Waals surface area contributed by atoms with Crippen LogP contribution in [0.15, 0.2) is 60.7 Å². The number of aryl methyl sites for hydroxylation is 2. The highest BCUT2D eigenvalue weighted by Gasteiger charge is 2.42. The lowest BCUT2D eigenvalue weighted by atomic mass is 9.93. The number of ether oxygens (including phenoxy) is 1. The predicted octanol–water partition coefficient (Wildman–Crippen LogP) is 5.25. The van der Waals surface area contributed by atoms with Crippen molar-refractivity contribution in [2.75, 3.05) is 6.61 Å². The molecule has 7 nitrogen and oxygen atoms in total. The summed E-state index contributed by atoms with van der Waals surface area (Å²) < 4.78 is 5.64. The molecule has 7 heteroatoms. The van der Waals surface area contributed by atoms with Gasteiger partial charge in [-0.15, -0.1) is 0 Å². The van der Waals surface area contributed by atoms with E-state index in [2.05, 4.69) is 10.2 Å². The molecule has 0 saturated heterocycles. The molecule has 1 unspecified atom stereocenters. The predicted molar refractivity (Wildman–Crippen MR) is 133 cm³/mol. The first-order valence-corrected chi connectivity index (χ1v) is 11.6. The Bertz CT molecular complexity index is 1410. The number of nitrogens with one attached hydrogen (secondary N) is 1. The molecule has 1 amide bonds. The lowest BCUT2D eigenvalue weighted by molar-refractivity contribution is 0.0730. The van der Waals surface area contributed by atoms with Crippen LogP contribution in [0.3, 0.4) is 0 Å². The molecule has 1 aromatic heterocycles. The van der Waals surface area contributed by atoms with E-state index in [-0.39, 0.29) is 17.4 Å². The van der Waals surface area contributed by atoms with Gasteiger partial charge in [-0.25, -0.2) is 0 Å². The minimum Gasteiger partial charge on any atom is -0.507 e. The average Bonchev–Trinajstić information content (AvgIpc) is 3.38. The molecule has 0 bridgehead atoms. The van der Waals surface area contributed by atoms with Gasteiger partial charge >= 0.3 is 0 Å². The minimum atomic E-state index is -0.494. The standard InChI is InChI=1S/C28H27N3O4/c1-4-35-22-14-19(10-11-21(22)32)26-23-24(20-13-16(2)12-17(3)27(20)33)29-30-25(23)28(34)31(26)15-18-8-6-5-7-9-18/h5-14,26,32-33H,4,15H2,1-3H3,(H,29,30). The summed E-state index contributed by atoms with van der Waals surface area (Å²) in [5, 5.41) is 28.6. The van der Waals surface area contributed by atoms with E-state index in [0.717, 1.165) is 22.3 Å². The van der Waals surface area contributed by atoms with Crippen LogP contribution in [0.4, 0.5) is 0 Å². The van der Waals surface area contributed by atoms with Crippen molar-refractivity contribution in [1.82, 2.24) is 15.1 Å². The molecule has 4 aromatic rings. The third kappa shape index (κ3) is 3.89. The number of nitrogens with zero attached hydrogens (tertiary/aromatic N) is 2. The number of hydrogen-bond donors (Lipinski definition) is 3. The Morgan fingerprint density at radius 1 is 1.06 bits per heavy atom. The van der Waals surface area contributed by atoms with Crippen molar-refractivity contribution in [3.05, 3.63) is 94.2 Å². The highest BCUT2D eigenvalue weighted by molar-refractivity contribution is 6.00. The maximum atomic E-state index is 13.6. The number of phenols is 2. The van der Waals surface area contributed by atoms with Gasteiger partial charge in [-0.3, -0.25) is 9.89 Å². The fourth-order valence-electron chi connectivity index (χ4n) is 4.80. The van der Waals surface area contributed by atoms with Crippen molar-refractivity contribution < 1.29 is 19.7 Å². The molecule has 35 heavy (non-hydrogen) atoms. The van der Waals surface area contributed by atoms with Crippen LogP contribution in [0.1, 0.15) is 51.3 Å². The first-order valence-electron chi connectivity index (χ1n) is 11.6. The molecule has 0 aliphatic carbocycles. The molecule has 0 radical (unpaired) electrons. The van der Waals surface area contributed by atoms with Crippen molar-refractivity contribution in [3.63, 3.8) is 0 Å². The zero-order chi connectivity index (χ0) is 24.7. The van der Waals surface area contributed by atoms with Crippen LogP contribution in [0.25, 0.3) is 11.3 Å². The molecule has 1 aliphatic rings. The van der Waals surface area contributed by atoms with E-state index in [1.54, 1.807) is 23.1 Å². The monoisotopic (exact) mass is 469 g/mol. The average molecular weight is 470 g/mol. The van der Waals surface area contributed by atoms with Crippen molar-refractivity contribution in [3.8, 4) is 28.5 Å². The second kappa shape index (κ2) is 8.83. The summed E-state index contributed by atoms with van der Waals surface area (Å²) in [6.07, 6.45) is 0. The molecule has 3 aromatic carbocycles. The van der Waals surface area contributed by atoms with E-state index in [9.17, 15) is 15.0 Å². The third-order valence-corrected chi connectivity index (χ3v) is 6.36. The summed E-state index contributed by atoms with van der Waals surface area (Å²) >= 11 is 0. The van der Waals surface area contributed by atoms with Gasteiger partial charge in [0.2, 0.25) is 0 Å². The number of rotatable bonds is 6. The van der Waals surface area contributed by atoms with Gasteiger partial charge < -0.3 is 19.8 Å². The molecule has 1 aliphatic heterocycles. The first kappa shape index (κ1) is 22.5. The quantitative estimate of drug-likeness (QED) is 0.358. The lowest BCUT2D eigenvalue weighted by Gasteiger charge is -2.27. The van der Waals surface area contributed by atoms with E-state index in [0.29, 0.717) is 41.4 Å². The lowest BCUT2D eigenvalue weighted by Crippen LogP contribution is -2.29. The van der Waals surface area contributed by atoms with Crippen LogP contribution in [0.2, 0.25) is 0 Å². The Hall–Kier alpha value is -4.26. The smallest absolute Gasteiger partial charge is 0.273 e. The van der Waals surface area contributed by atoms with Gasteiger partial charge in [-0.05, 0) is 61.2 Å². The number of aromatic nitrogens is 2. The van der Waals surface area contributed by atoms with Crippen molar-refractivity contribution in [2.24, 2.45) is 0 Å². The van der Waals surface area contributed by atoms with E-state index < -0.39 is 6.04 Å². The number of phenolic OH excluding ortho intramolecular Hbond substituents is 2. The Kier molecular flexibility index (Phi) is 5.68. The summed E-state index contributed by atoms with van der Waals surface area (Å²) in [6, 6.07) is 18.2. The van der Waals surface area contributed by atoms with Crippen LogP contribution in [-0.2, 0) is 6.54 Å². The van der Waals surface area contributed by atoms with Crippen LogP contribution < -0.4 is 4.74 Å². The number of carbonyl (C=O) groups is 1. The Balaban J connectivity index is 1.70. The largest absolute Gasteiger partial charge is 0.507 e. The van der Waals surface area contributed by atoms with Crippen molar-refractivity contribution in [2.45, 2.75) is 33.4 Å². The maximum absolute atomic E-state index is 13.6. The molecule has 0 saturated carbocycles. The number of H-pyrrole nitrogens is 1. The SMILES string of the molecule is CCOc1cc(C2c3c(-c4cc(C)cc(C)c4O)n[nH]c3C(=O)N2Cc2ccccc2)ccc1O. The summed E-state index contributed by atoms with van der Waals surface area (Å²) in [6.45, 7) is 6.43. The van der Waals surface area contributed by atoms with Gasteiger partial charge in [-0.1, -0.05) is 42.5 Å². The molecule has 178 valence electrons. The molecule has 0 fully saturated rings. The fourth-order valence-corrected chi connectivity index (χ4v) is 4.80. The third-order valence-electron chi connectivity index (χ3n) is 6.36. The molecule has 5 rings (SSSR count). The van der Waals surface area contributed by atoms with Gasteiger partial charge in [-0.2, -0.15) is 5.10 Å². The molecular formula is C28H27N3O4. The second-order valence-corrected chi connectivity index (χ2v) is 8.82. The maximum Gasteiger partial charge on any atom is 0.273 e. The number of benzene rings is 3. The van der Waals surface area contributed by atoms with Crippen LogP contribution in [0, 0.1) is 13.8 Å². The minimum absolute atomic E-state index is 0.0362. The van der Waals surface area contributed by atoms with E-state index in [1.807, 2.05) is 63.2 Å². The number of aromatic amines is 1. The summed E-state index contributed by atoms with van der Waals surface area (Å²) in [7, 11) is 0. The van der Waals surface area contributed by atoms with Gasteiger partial charge in [0, 0.05) is 17.7 Å². The van der Waals surface area contributed by atoms with E-state index in [4.69, 9.17) is 4.74 Å². The number of hydrogen-bond acceptors (Lipinski definition) is 5. The van der Waals surface area contributed by atoms with Crippen LogP contribution in [0.5, 0.6) is 17.2 Å². The van der Waals surface area contributed by atoms with E-state index in [1.165, 1.54) is 0 Å². The Morgan fingerprint density at radius 2 is 1.83 bits per heavy atom. The molecule has 3 N–H and O–H groups in total. The molecular weight excluding hydrogens is 442 g/mol. The highest BCUT2D eigenvalue weighted by Crippen LogP contribution is 2.47. The highest BCUT2D eigenvalue weighted by atomic mass is 16.5. The van der Waals surface area contributed by atoms with Gasteiger partial charge in [0.05, 0.1) is 12.6 Å². The molecule has 0 spiro atoms. The summed E-state index contributed by atoms with van der Waals surface area (Å²) in [4.78, 5) is 15.4. The Labute approximate surface area is 203 Å². The number of carbonyl (C=O) groups excluding carboxylic acids is 1. The topological polar surface area (TPSA) is 98.7 Å². The molecule has 2 heterocycles. The normalized spacial score (nSPS) is 14.9. The van der Waals surface area contributed by atoms with Gasteiger partial charge in [0.15, 0.2) is 11.5 Å². The fraction of sp³-hybridized carbons (Fsp3) is 0.214. The first-order chi connectivity index (χ1) is 16.9.